The molecule has 1 saturated heterocycles. The predicted molar refractivity (Wildman–Crippen MR) is 55.0 cm³/mol. The van der Waals surface area contributed by atoms with E-state index in [0.717, 1.165) is 12.6 Å². The lowest BCUT2D eigenvalue weighted by molar-refractivity contribution is 0.154. The topological polar surface area (TPSA) is 24.5 Å². The van der Waals surface area contributed by atoms with Crippen molar-refractivity contribution in [3.05, 3.63) is 0 Å². The highest BCUT2D eigenvalue weighted by Gasteiger charge is 2.16. The summed E-state index contributed by atoms with van der Waals surface area (Å²) >= 11 is 0. The van der Waals surface area contributed by atoms with Crippen LogP contribution in [0.25, 0.3) is 0 Å². The van der Waals surface area contributed by atoms with Gasteiger partial charge in [-0.2, -0.15) is 0 Å². The third-order valence-corrected chi connectivity index (χ3v) is 2.82. The minimum Gasteiger partial charge on any atom is -0.385 e. The minimum atomic E-state index is 0.749. The van der Waals surface area contributed by atoms with Crippen LogP contribution in [0.15, 0.2) is 0 Å². The van der Waals surface area contributed by atoms with Crippen LogP contribution in [0.5, 0.6) is 0 Å². The summed E-state index contributed by atoms with van der Waals surface area (Å²) in [4.78, 5) is 2.53. The monoisotopic (exact) mass is 186 g/mol. The summed E-state index contributed by atoms with van der Waals surface area (Å²) in [5, 5.41) is 3.34. The quantitative estimate of drug-likeness (QED) is 0.640. The lowest BCUT2D eigenvalue weighted by atomic mass is 10.1. The first-order valence-corrected chi connectivity index (χ1v) is 5.25. The molecule has 3 nitrogen and oxygen atoms in total. The molecule has 0 aliphatic carbocycles. The van der Waals surface area contributed by atoms with Gasteiger partial charge in [0.25, 0.3) is 0 Å². The summed E-state index contributed by atoms with van der Waals surface area (Å²) in [5.41, 5.74) is 0. The van der Waals surface area contributed by atoms with Crippen LogP contribution >= 0.6 is 0 Å². The van der Waals surface area contributed by atoms with E-state index in [9.17, 15) is 0 Å². The van der Waals surface area contributed by atoms with E-state index < -0.39 is 0 Å². The highest BCUT2D eigenvalue weighted by molar-refractivity contribution is 4.75. The Kier molecular flexibility index (Phi) is 5.35. The van der Waals surface area contributed by atoms with Crippen LogP contribution in [0.1, 0.15) is 19.3 Å². The summed E-state index contributed by atoms with van der Waals surface area (Å²) < 4.78 is 5.04. The second kappa shape index (κ2) is 6.35. The molecule has 1 rings (SSSR count). The average molecular weight is 186 g/mol. The fraction of sp³-hybridized carbons (Fsp3) is 1.00. The second-order valence-corrected chi connectivity index (χ2v) is 3.75. The fourth-order valence-electron chi connectivity index (χ4n) is 1.88. The number of hydrogen-bond acceptors (Lipinski definition) is 3. The van der Waals surface area contributed by atoms with Gasteiger partial charge in [0.1, 0.15) is 0 Å². The molecule has 0 radical (unpaired) electrons. The first kappa shape index (κ1) is 11.0. The fourth-order valence-corrected chi connectivity index (χ4v) is 1.88. The van der Waals surface area contributed by atoms with E-state index in [4.69, 9.17) is 4.74 Å². The number of methoxy groups -OCH3 is 1. The van der Waals surface area contributed by atoms with Gasteiger partial charge < -0.3 is 15.0 Å². The number of likely N-dealkylation sites (tertiary alicyclic amines) is 1. The van der Waals surface area contributed by atoms with Crippen LogP contribution in [0.3, 0.4) is 0 Å². The van der Waals surface area contributed by atoms with E-state index in [2.05, 4.69) is 17.3 Å². The minimum absolute atomic E-state index is 0.749. The first-order valence-electron chi connectivity index (χ1n) is 5.25. The molecule has 0 spiro atoms. The van der Waals surface area contributed by atoms with Crippen LogP contribution in [-0.4, -0.2) is 51.3 Å². The van der Waals surface area contributed by atoms with Gasteiger partial charge in [-0.1, -0.05) is 0 Å². The lowest BCUT2D eigenvalue weighted by Gasteiger charge is -2.31. The number of nitrogens with one attached hydrogen (secondary N) is 1. The highest BCUT2D eigenvalue weighted by Crippen LogP contribution is 2.09. The number of hydrogen-bond donors (Lipinski definition) is 1. The molecule has 13 heavy (non-hydrogen) atoms. The lowest BCUT2D eigenvalue weighted by Crippen LogP contribution is -2.41. The molecule has 1 N–H and O–H groups in total. The van der Waals surface area contributed by atoms with E-state index in [1.54, 1.807) is 7.11 Å². The SMILES string of the molecule is CNC1CCN(CCCOC)CC1. The maximum atomic E-state index is 5.04. The van der Waals surface area contributed by atoms with Crippen LogP contribution in [0, 0.1) is 0 Å². The molecule has 0 aromatic carbocycles. The van der Waals surface area contributed by atoms with Crippen LogP contribution < -0.4 is 5.32 Å². The van der Waals surface area contributed by atoms with Crippen molar-refractivity contribution in [3.63, 3.8) is 0 Å². The molecule has 1 aliphatic rings. The largest absolute Gasteiger partial charge is 0.385 e. The van der Waals surface area contributed by atoms with Crippen molar-refractivity contribution in [1.82, 2.24) is 10.2 Å². The number of rotatable bonds is 5. The maximum Gasteiger partial charge on any atom is 0.0474 e. The molecule has 1 aliphatic heterocycles. The zero-order valence-corrected chi connectivity index (χ0v) is 8.88. The van der Waals surface area contributed by atoms with Crippen molar-refractivity contribution in [3.8, 4) is 0 Å². The van der Waals surface area contributed by atoms with Crippen LogP contribution in [0.4, 0.5) is 0 Å². The highest BCUT2D eigenvalue weighted by atomic mass is 16.5. The Morgan fingerprint density at radius 2 is 2.08 bits per heavy atom. The Hall–Kier alpha value is -0.120. The molecular weight excluding hydrogens is 164 g/mol. The normalized spacial score (nSPS) is 20.8. The first-order chi connectivity index (χ1) is 6.36. The van der Waals surface area contributed by atoms with Gasteiger partial charge in [0, 0.05) is 26.3 Å². The predicted octanol–water partition coefficient (Wildman–Crippen LogP) is 0.707. The van der Waals surface area contributed by atoms with Gasteiger partial charge in [0.2, 0.25) is 0 Å². The van der Waals surface area contributed by atoms with Gasteiger partial charge in [0.15, 0.2) is 0 Å². The van der Waals surface area contributed by atoms with Crippen molar-refractivity contribution in [2.24, 2.45) is 0 Å². The summed E-state index contributed by atoms with van der Waals surface area (Å²) in [5.74, 6) is 0. The average Bonchev–Trinajstić information content (AvgIpc) is 2.19. The van der Waals surface area contributed by atoms with Gasteiger partial charge in [-0.3, -0.25) is 0 Å². The van der Waals surface area contributed by atoms with E-state index in [1.807, 2.05) is 0 Å². The van der Waals surface area contributed by atoms with Crippen LogP contribution in [0.2, 0.25) is 0 Å². The van der Waals surface area contributed by atoms with Crippen molar-refractivity contribution in [2.45, 2.75) is 25.3 Å². The maximum absolute atomic E-state index is 5.04. The number of piperidine rings is 1. The summed E-state index contributed by atoms with van der Waals surface area (Å²) in [7, 11) is 3.83. The molecule has 78 valence electrons. The van der Waals surface area contributed by atoms with Gasteiger partial charge >= 0.3 is 0 Å². The van der Waals surface area contributed by atoms with E-state index in [0.29, 0.717) is 0 Å². The molecule has 0 atom stereocenters. The zero-order valence-electron chi connectivity index (χ0n) is 8.88. The molecule has 1 fully saturated rings. The van der Waals surface area contributed by atoms with Gasteiger partial charge in [-0.25, -0.2) is 0 Å². The van der Waals surface area contributed by atoms with Gasteiger partial charge in [0.05, 0.1) is 0 Å². The molecule has 1 heterocycles. The van der Waals surface area contributed by atoms with E-state index in [1.165, 1.54) is 38.9 Å². The summed E-state index contributed by atoms with van der Waals surface area (Å²) in [6, 6.07) is 0.749. The third kappa shape index (κ3) is 4.07. The number of ether oxygens (including phenoxy) is 1. The molecule has 0 saturated carbocycles. The Labute approximate surface area is 81.4 Å². The molecule has 3 heteroatoms. The Balaban J connectivity index is 2.03. The standard InChI is InChI=1S/C10H22N2O/c1-11-10-4-7-12(8-5-10)6-3-9-13-2/h10-11H,3-9H2,1-2H3. The smallest absolute Gasteiger partial charge is 0.0474 e. The van der Waals surface area contributed by atoms with Gasteiger partial charge in [-0.05, 0) is 39.4 Å². The van der Waals surface area contributed by atoms with E-state index >= 15 is 0 Å². The Morgan fingerprint density at radius 3 is 2.62 bits per heavy atom. The van der Waals surface area contributed by atoms with Crippen molar-refractivity contribution < 1.29 is 4.74 Å². The zero-order chi connectivity index (χ0) is 9.52. The summed E-state index contributed by atoms with van der Waals surface area (Å²) in [6.07, 6.45) is 3.76. The molecule has 0 amide bonds. The third-order valence-electron chi connectivity index (χ3n) is 2.82. The van der Waals surface area contributed by atoms with Crippen molar-refractivity contribution >= 4 is 0 Å². The molecular formula is C10H22N2O. The van der Waals surface area contributed by atoms with Gasteiger partial charge in [-0.15, -0.1) is 0 Å². The van der Waals surface area contributed by atoms with Crippen molar-refractivity contribution in [1.29, 1.82) is 0 Å². The second-order valence-electron chi connectivity index (χ2n) is 3.75. The Bertz CT molecular complexity index is 119. The Morgan fingerprint density at radius 1 is 1.38 bits per heavy atom. The molecule has 0 unspecified atom stereocenters. The van der Waals surface area contributed by atoms with E-state index in [-0.39, 0.29) is 0 Å². The number of nitrogens with zero attached hydrogens (tertiary/aromatic N) is 1. The van der Waals surface area contributed by atoms with Crippen LogP contribution in [-0.2, 0) is 4.74 Å². The molecule has 0 bridgehead atoms. The summed E-state index contributed by atoms with van der Waals surface area (Å²) in [6.45, 7) is 4.58. The molecule has 0 aromatic heterocycles. The van der Waals surface area contributed by atoms with Crippen molar-refractivity contribution in [2.75, 3.05) is 40.4 Å². The molecule has 0 aromatic rings.